The second kappa shape index (κ2) is 11.1. The van der Waals surface area contributed by atoms with Crippen LogP contribution in [0.3, 0.4) is 0 Å². The van der Waals surface area contributed by atoms with Crippen molar-refractivity contribution < 1.29 is 28.8 Å². The molecule has 1 saturated heterocycles. The number of ether oxygens (including phenoxy) is 1. The summed E-state index contributed by atoms with van der Waals surface area (Å²) in [7, 11) is 0. The number of rotatable bonds is 6. The Bertz CT molecular complexity index is 664. The molecule has 0 aromatic carbocycles. The molecule has 0 atom stereocenters. The lowest BCUT2D eigenvalue weighted by Crippen LogP contribution is -2.39. The van der Waals surface area contributed by atoms with E-state index >= 15 is 0 Å². The van der Waals surface area contributed by atoms with E-state index in [0.29, 0.717) is 5.06 Å². The highest BCUT2D eigenvalue weighted by Gasteiger charge is 2.33. The first-order valence-corrected chi connectivity index (χ1v) is 11.1. The van der Waals surface area contributed by atoms with Gasteiger partial charge in [-0.05, 0) is 25.7 Å². The molecule has 0 bridgehead atoms. The van der Waals surface area contributed by atoms with E-state index in [0.717, 1.165) is 51.4 Å². The molecular weight excluding hydrogens is 390 g/mol. The van der Waals surface area contributed by atoms with Gasteiger partial charge in [0.15, 0.2) is 0 Å². The first-order valence-electron chi connectivity index (χ1n) is 11.1. The highest BCUT2D eigenvalue weighted by Crippen LogP contribution is 2.21. The minimum Gasteiger partial charge on any atom is -0.393 e. The van der Waals surface area contributed by atoms with Crippen LogP contribution in [0.15, 0.2) is 4.99 Å². The summed E-state index contributed by atoms with van der Waals surface area (Å²) in [5.41, 5.74) is 0. The lowest BCUT2D eigenvalue weighted by Gasteiger charge is -2.25. The van der Waals surface area contributed by atoms with Gasteiger partial charge >= 0.3 is 11.9 Å². The summed E-state index contributed by atoms with van der Waals surface area (Å²) in [6, 6.07) is 0.637. The molecule has 0 unspecified atom stereocenters. The van der Waals surface area contributed by atoms with E-state index in [9.17, 15) is 19.2 Å². The molecule has 2 amide bonds. The van der Waals surface area contributed by atoms with Gasteiger partial charge in [-0.1, -0.05) is 38.5 Å². The lowest BCUT2D eigenvalue weighted by atomic mass is 9.95. The van der Waals surface area contributed by atoms with E-state index in [2.05, 4.69) is 10.3 Å². The van der Waals surface area contributed by atoms with Gasteiger partial charge in [0.05, 0.1) is 18.9 Å². The smallest absolute Gasteiger partial charge is 0.333 e. The van der Waals surface area contributed by atoms with Crippen LogP contribution in [0, 0.1) is 0 Å². The number of hydrogen-bond donors (Lipinski definition) is 1. The van der Waals surface area contributed by atoms with Gasteiger partial charge in [-0.2, -0.15) is 0 Å². The van der Waals surface area contributed by atoms with Crippen molar-refractivity contribution in [2.24, 2.45) is 4.99 Å². The second-order valence-corrected chi connectivity index (χ2v) is 8.22. The molecule has 2 aliphatic carbocycles. The van der Waals surface area contributed by atoms with Crippen molar-refractivity contribution in [1.82, 2.24) is 10.4 Å². The van der Waals surface area contributed by atoms with Crippen molar-refractivity contribution >= 4 is 29.8 Å². The number of imide groups is 1. The molecule has 2 saturated carbocycles. The Hall–Kier alpha value is -2.45. The summed E-state index contributed by atoms with van der Waals surface area (Å²) in [6.07, 6.45) is 10.5. The van der Waals surface area contributed by atoms with Crippen molar-refractivity contribution in [2.75, 3.05) is 0 Å². The van der Waals surface area contributed by atoms with Crippen LogP contribution in [-0.2, 0) is 28.8 Å². The molecule has 0 radical (unpaired) electrons. The Morgan fingerprint density at radius 3 is 2.07 bits per heavy atom. The number of hydroxylamine groups is 2. The van der Waals surface area contributed by atoms with Crippen LogP contribution in [0.5, 0.6) is 0 Å². The average Bonchev–Trinajstić information content (AvgIpc) is 3.06. The highest BCUT2D eigenvalue weighted by atomic mass is 16.7. The van der Waals surface area contributed by atoms with Gasteiger partial charge < -0.3 is 14.9 Å². The summed E-state index contributed by atoms with van der Waals surface area (Å²) in [5, 5.41) is 3.77. The number of nitrogens with one attached hydrogen (secondary N) is 1. The van der Waals surface area contributed by atoms with E-state index in [1.807, 2.05) is 0 Å². The van der Waals surface area contributed by atoms with Gasteiger partial charge in [-0.15, -0.1) is 5.06 Å². The number of nitrogens with zero attached hydrogens (tertiary/aromatic N) is 2. The number of esters is 1. The van der Waals surface area contributed by atoms with Crippen molar-refractivity contribution in [1.29, 1.82) is 0 Å². The van der Waals surface area contributed by atoms with Gasteiger partial charge in [-0.3, -0.25) is 14.4 Å². The Morgan fingerprint density at radius 2 is 1.43 bits per heavy atom. The van der Waals surface area contributed by atoms with E-state index < -0.39 is 23.8 Å². The maximum Gasteiger partial charge on any atom is 0.333 e. The molecule has 0 aromatic rings. The van der Waals surface area contributed by atoms with E-state index in [-0.39, 0.29) is 43.8 Å². The highest BCUT2D eigenvalue weighted by molar-refractivity contribution is 6.01. The largest absolute Gasteiger partial charge is 0.393 e. The molecule has 9 heteroatoms. The summed E-state index contributed by atoms with van der Waals surface area (Å²) >= 11 is 0. The molecule has 1 aliphatic heterocycles. The maximum atomic E-state index is 12.3. The molecule has 30 heavy (non-hydrogen) atoms. The van der Waals surface area contributed by atoms with Crippen LogP contribution in [-0.4, -0.2) is 46.9 Å². The lowest BCUT2D eigenvalue weighted by molar-refractivity contribution is -0.197. The normalized spacial score (nSPS) is 21.6. The van der Waals surface area contributed by atoms with Gasteiger partial charge in [0, 0.05) is 18.9 Å². The Kier molecular flexibility index (Phi) is 8.21. The Balaban J connectivity index is 1.50. The SMILES string of the molecule is O=C(CCC(=O)ON1C(=O)CCC1=O)OC(=NC1CCCCC1)NC1CCCCC1. The molecule has 3 fully saturated rings. The molecule has 3 rings (SSSR count). The first kappa shape index (κ1) is 22.2. The standard InChI is InChI=1S/C21H31N3O6/c25-17-11-12-18(26)24(17)30-20(28)14-13-19(27)29-21(22-15-7-3-1-4-8-15)23-16-9-5-2-6-10-16/h15-16H,1-14H2,(H,22,23). The molecule has 0 aromatic heterocycles. The summed E-state index contributed by atoms with van der Waals surface area (Å²) in [4.78, 5) is 56.6. The Labute approximate surface area is 176 Å². The third kappa shape index (κ3) is 6.81. The predicted octanol–water partition coefficient (Wildman–Crippen LogP) is 2.53. The predicted molar refractivity (Wildman–Crippen MR) is 107 cm³/mol. The zero-order valence-corrected chi connectivity index (χ0v) is 17.4. The number of hydrogen-bond acceptors (Lipinski definition) is 7. The molecule has 3 aliphatic rings. The van der Waals surface area contributed by atoms with Crippen molar-refractivity contribution in [3.8, 4) is 0 Å². The fourth-order valence-corrected chi connectivity index (χ4v) is 4.06. The molecule has 166 valence electrons. The third-order valence-corrected chi connectivity index (χ3v) is 5.75. The van der Waals surface area contributed by atoms with Crippen LogP contribution >= 0.6 is 0 Å². The zero-order valence-electron chi connectivity index (χ0n) is 17.4. The monoisotopic (exact) mass is 421 g/mol. The number of carbonyl (C=O) groups excluding carboxylic acids is 4. The molecule has 1 N–H and O–H groups in total. The molecule has 1 heterocycles. The number of amides is 2. The van der Waals surface area contributed by atoms with Crippen molar-refractivity contribution in [2.45, 2.75) is 102 Å². The minimum atomic E-state index is -0.818. The van der Waals surface area contributed by atoms with Crippen LogP contribution in [0.2, 0.25) is 0 Å². The van der Waals surface area contributed by atoms with E-state index in [4.69, 9.17) is 9.57 Å². The number of aliphatic imine (C=N–C) groups is 1. The quantitative estimate of drug-likeness (QED) is 0.303. The first-order chi connectivity index (χ1) is 14.5. The van der Waals surface area contributed by atoms with Gasteiger partial charge in [0.2, 0.25) is 0 Å². The summed E-state index contributed by atoms with van der Waals surface area (Å²) in [6.45, 7) is 0. The van der Waals surface area contributed by atoms with Gasteiger partial charge in [0.25, 0.3) is 17.8 Å². The second-order valence-electron chi connectivity index (χ2n) is 8.22. The molecule has 9 nitrogen and oxygen atoms in total. The summed E-state index contributed by atoms with van der Waals surface area (Å²) < 4.78 is 5.46. The van der Waals surface area contributed by atoms with Crippen molar-refractivity contribution in [3.05, 3.63) is 0 Å². The fraction of sp³-hybridized carbons (Fsp3) is 0.762. The van der Waals surface area contributed by atoms with Crippen LogP contribution in [0.4, 0.5) is 0 Å². The summed E-state index contributed by atoms with van der Waals surface area (Å²) in [5.74, 6) is -2.51. The van der Waals surface area contributed by atoms with Gasteiger partial charge in [0.1, 0.15) is 0 Å². The van der Waals surface area contributed by atoms with E-state index in [1.165, 1.54) is 12.8 Å². The van der Waals surface area contributed by atoms with Crippen LogP contribution in [0.1, 0.15) is 89.9 Å². The average molecular weight is 421 g/mol. The molecular formula is C21H31N3O6. The number of amidine groups is 1. The topological polar surface area (TPSA) is 114 Å². The van der Waals surface area contributed by atoms with E-state index in [1.54, 1.807) is 0 Å². The van der Waals surface area contributed by atoms with Gasteiger partial charge in [-0.25, -0.2) is 9.79 Å². The Morgan fingerprint density at radius 1 is 0.867 bits per heavy atom. The van der Waals surface area contributed by atoms with Crippen LogP contribution < -0.4 is 5.32 Å². The number of carbonyl (C=O) groups is 4. The zero-order chi connectivity index (χ0) is 21.3. The third-order valence-electron chi connectivity index (χ3n) is 5.75. The fourth-order valence-electron chi connectivity index (χ4n) is 4.06. The maximum absolute atomic E-state index is 12.3. The van der Waals surface area contributed by atoms with Crippen molar-refractivity contribution in [3.63, 3.8) is 0 Å². The van der Waals surface area contributed by atoms with Crippen LogP contribution in [0.25, 0.3) is 0 Å². The minimum absolute atomic E-state index is 0.0297. The molecule has 0 spiro atoms.